The first-order valence-electron chi connectivity index (χ1n) is 11.5. The van der Waals surface area contributed by atoms with E-state index in [1.165, 1.54) is 7.11 Å². The van der Waals surface area contributed by atoms with Gasteiger partial charge in [-0.25, -0.2) is 4.79 Å². The minimum Gasteiger partial charge on any atom is -0.467 e. The number of hydrogen-bond donors (Lipinski definition) is 0. The summed E-state index contributed by atoms with van der Waals surface area (Å²) in [5, 5.41) is 10.1. The normalized spacial score (nSPS) is 13.7. The molecule has 0 radical (unpaired) electrons. The van der Waals surface area contributed by atoms with Gasteiger partial charge in [0.1, 0.15) is 13.2 Å². The monoisotopic (exact) mass is 459 g/mol. The maximum Gasteiger partial charge on any atom is 0.331 e. The number of nitrogens with zero attached hydrogens (tertiary/aromatic N) is 3. The van der Waals surface area contributed by atoms with Crippen LogP contribution in [0.15, 0.2) is 48.5 Å². The summed E-state index contributed by atoms with van der Waals surface area (Å²) >= 11 is 0. The molecule has 176 valence electrons. The van der Waals surface area contributed by atoms with Crippen molar-refractivity contribution >= 4 is 28.5 Å². The maximum absolute atomic E-state index is 13.1. The van der Waals surface area contributed by atoms with E-state index in [0.29, 0.717) is 5.56 Å². The number of amides is 1. The average molecular weight is 460 g/mol. The highest BCUT2D eigenvalue weighted by Gasteiger charge is 2.28. The molecule has 1 aliphatic carbocycles. The van der Waals surface area contributed by atoms with Crippen LogP contribution >= 0.6 is 0 Å². The van der Waals surface area contributed by atoms with Gasteiger partial charge in [-0.3, -0.25) is 4.79 Å². The molecule has 1 heterocycles. The predicted molar refractivity (Wildman–Crippen MR) is 129 cm³/mol. The van der Waals surface area contributed by atoms with Gasteiger partial charge in [0, 0.05) is 41.8 Å². The summed E-state index contributed by atoms with van der Waals surface area (Å²) in [4.78, 5) is 26.3. The Balaban J connectivity index is 1.58. The summed E-state index contributed by atoms with van der Waals surface area (Å²) in [5.41, 5.74) is 4.88. The van der Waals surface area contributed by atoms with Crippen LogP contribution in [0, 0.1) is 11.3 Å². The van der Waals surface area contributed by atoms with E-state index in [1.807, 2.05) is 42.3 Å². The Bertz CT molecular complexity index is 1220. The Labute approximate surface area is 199 Å². The Morgan fingerprint density at radius 2 is 1.82 bits per heavy atom. The van der Waals surface area contributed by atoms with Gasteiger partial charge in [-0.15, -0.1) is 0 Å². The number of methoxy groups -OCH3 is 1. The van der Waals surface area contributed by atoms with Gasteiger partial charge in [-0.1, -0.05) is 25.0 Å². The second-order valence-corrected chi connectivity index (χ2v) is 8.69. The van der Waals surface area contributed by atoms with Gasteiger partial charge in [0.15, 0.2) is 0 Å². The lowest BCUT2D eigenvalue weighted by Gasteiger charge is -2.29. The number of ether oxygens (including phenoxy) is 2. The van der Waals surface area contributed by atoms with Crippen molar-refractivity contribution < 1.29 is 19.1 Å². The molecule has 0 unspecified atom stereocenters. The van der Waals surface area contributed by atoms with Gasteiger partial charge in [-0.2, -0.15) is 5.26 Å². The number of rotatable bonds is 8. The van der Waals surface area contributed by atoms with E-state index in [0.717, 1.165) is 60.0 Å². The number of anilines is 1. The molecule has 4 rings (SSSR count). The summed E-state index contributed by atoms with van der Waals surface area (Å²) in [7, 11) is 3.34. The lowest BCUT2D eigenvalue weighted by atomic mass is 10.1. The molecule has 0 N–H and O–H groups in total. The Morgan fingerprint density at radius 3 is 2.50 bits per heavy atom. The highest BCUT2D eigenvalue weighted by Crippen LogP contribution is 2.32. The summed E-state index contributed by atoms with van der Waals surface area (Å²) in [6, 6.07) is 18.2. The van der Waals surface area contributed by atoms with Crippen molar-refractivity contribution in [3.8, 4) is 6.07 Å². The van der Waals surface area contributed by atoms with Gasteiger partial charge in [0.2, 0.25) is 0 Å². The van der Waals surface area contributed by atoms with Gasteiger partial charge in [0.05, 0.1) is 18.7 Å². The third-order valence-electron chi connectivity index (χ3n) is 6.50. The Morgan fingerprint density at radius 1 is 1.09 bits per heavy atom. The van der Waals surface area contributed by atoms with Crippen molar-refractivity contribution in [1.29, 1.82) is 5.26 Å². The van der Waals surface area contributed by atoms with Crippen molar-refractivity contribution in [2.45, 2.75) is 38.1 Å². The standard InChI is InChI=1S/C27H29N3O4/c1-29-24(13-19-7-9-20(16-28)10-8-19)15-21-14-23(11-12-25(21)29)30(22-5-3-4-6-22)26(31)17-34-18-27(32)33-2/h7-12,14-15,22H,3-6,13,17-18H2,1-2H3. The smallest absolute Gasteiger partial charge is 0.331 e. The first-order chi connectivity index (χ1) is 16.5. The maximum atomic E-state index is 13.1. The number of esters is 1. The quantitative estimate of drug-likeness (QED) is 0.474. The molecule has 1 fully saturated rings. The number of aromatic nitrogens is 1. The van der Waals surface area contributed by atoms with Crippen molar-refractivity contribution in [2.75, 3.05) is 25.2 Å². The highest BCUT2D eigenvalue weighted by atomic mass is 16.6. The van der Waals surface area contributed by atoms with Crippen molar-refractivity contribution in [2.24, 2.45) is 7.05 Å². The fraction of sp³-hybridized carbons (Fsp3) is 0.370. The Hall–Kier alpha value is -3.63. The molecule has 0 bridgehead atoms. The van der Waals surface area contributed by atoms with Crippen LogP contribution in [-0.2, 0) is 32.5 Å². The minimum atomic E-state index is -0.499. The molecule has 0 atom stereocenters. The molecular formula is C27H29N3O4. The molecule has 0 saturated heterocycles. The van der Waals surface area contributed by atoms with Crippen LogP contribution in [0.5, 0.6) is 0 Å². The SMILES string of the molecule is COC(=O)COCC(=O)N(c1ccc2c(c1)cc(Cc1ccc(C#N)cc1)n2C)C1CCCC1. The number of benzene rings is 2. The van der Waals surface area contributed by atoms with Crippen LogP contribution in [0.4, 0.5) is 5.69 Å². The molecule has 1 aliphatic rings. The van der Waals surface area contributed by atoms with Crippen LogP contribution in [0.1, 0.15) is 42.5 Å². The molecule has 7 heteroatoms. The lowest BCUT2D eigenvalue weighted by molar-refractivity contribution is -0.146. The largest absolute Gasteiger partial charge is 0.467 e. The molecule has 7 nitrogen and oxygen atoms in total. The predicted octanol–water partition coefficient (Wildman–Crippen LogP) is 4.11. The number of fused-ring (bicyclic) bond motifs is 1. The number of carbonyl (C=O) groups is 2. The zero-order valence-corrected chi connectivity index (χ0v) is 19.6. The zero-order chi connectivity index (χ0) is 24.1. The summed E-state index contributed by atoms with van der Waals surface area (Å²) in [5.74, 6) is -0.649. The lowest BCUT2D eigenvalue weighted by Crippen LogP contribution is -2.41. The van der Waals surface area contributed by atoms with E-state index >= 15 is 0 Å². The average Bonchev–Trinajstić information content (AvgIpc) is 3.48. The molecule has 0 aliphatic heterocycles. The zero-order valence-electron chi connectivity index (χ0n) is 19.6. The van der Waals surface area contributed by atoms with E-state index in [-0.39, 0.29) is 25.2 Å². The van der Waals surface area contributed by atoms with E-state index in [2.05, 4.69) is 33.6 Å². The first-order valence-corrected chi connectivity index (χ1v) is 11.5. The minimum absolute atomic E-state index is 0.133. The second-order valence-electron chi connectivity index (χ2n) is 8.69. The molecule has 0 spiro atoms. The number of aryl methyl sites for hydroxylation is 1. The summed E-state index contributed by atoms with van der Waals surface area (Å²) < 4.78 is 12.1. The van der Waals surface area contributed by atoms with E-state index in [9.17, 15) is 9.59 Å². The molecule has 3 aromatic rings. The fourth-order valence-electron chi connectivity index (χ4n) is 4.69. The fourth-order valence-corrected chi connectivity index (χ4v) is 4.69. The molecular weight excluding hydrogens is 430 g/mol. The number of hydrogen-bond acceptors (Lipinski definition) is 5. The second kappa shape index (κ2) is 10.5. The van der Waals surface area contributed by atoms with Crippen molar-refractivity contribution in [3.05, 3.63) is 65.4 Å². The molecule has 1 amide bonds. The van der Waals surface area contributed by atoms with E-state index in [1.54, 1.807) is 0 Å². The van der Waals surface area contributed by atoms with Gasteiger partial charge in [0.25, 0.3) is 5.91 Å². The molecule has 2 aromatic carbocycles. The van der Waals surface area contributed by atoms with Crippen LogP contribution in [0.25, 0.3) is 10.9 Å². The van der Waals surface area contributed by atoms with E-state index < -0.39 is 5.97 Å². The first kappa shape index (κ1) is 23.5. The van der Waals surface area contributed by atoms with Crippen LogP contribution < -0.4 is 4.90 Å². The van der Waals surface area contributed by atoms with Crippen molar-refractivity contribution in [3.63, 3.8) is 0 Å². The van der Waals surface area contributed by atoms with Crippen LogP contribution in [-0.4, -0.2) is 42.8 Å². The highest BCUT2D eigenvalue weighted by molar-refractivity contribution is 5.97. The van der Waals surface area contributed by atoms with Crippen LogP contribution in [0.3, 0.4) is 0 Å². The molecule has 34 heavy (non-hydrogen) atoms. The third kappa shape index (κ3) is 5.13. The molecule has 1 saturated carbocycles. The third-order valence-corrected chi connectivity index (χ3v) is 6.50. The summed E-state index contributed by atoms with van der Waals surface area (Å²) in [6.07, 6.45) is 4.86. The number of nitriles is 1. The summed E-state index contributed by atoms with van der Waals surface area (Å²) in [6.45, 7) is -0.403. The number of carbonyl (C=O) groups excluding carboxylic acids is 2. The van der Waals surface area contributed by atoms with Gasteiger partial charge < -0.3 is 18.9 Å². The topological polar surface area (TPSA) is 84.6 Å². The van der Waals surface area contributed by atoms with Crippen molar-refractivity contribution in [1.82, 2.24) is 4.57 Å². The molecule has 1 aromatic heterocycles. The Kier molecular flexibility index (Phi) is 7.29. The van der Waals surface area contributed by atoms with Crippen LogP contribution in [0.2, 0.25) is 0 Å². The van der Waals surface area contributed by atoms with Gasteiger partial charge in [-0.05, 0) is 54.8 Å². The van der Waals surface area contributed by atoms with E-state index in [4.69, 9.17) is 10.00 Å². The van der Waals surface area contributed by atoms with Gasteiger partial charge >= 0.3 is 5.97 Å².